The Balaban J connectivity index is 1.95. The first kappa shape index (κ1) is 13.9. The molecule has 0 saturated carbocycles. The summed E-state index contributed by atoms with van der Waals surface area (Å²) in [5.41, 5.74) is 0.912. The van der Waals surface area contributed by atoms with Crippen molar-refractivity contribution in [2.75, 3.05) is 7.05 Å². The minimum atomic E-state index is -0.302. The maximum Gasteiger partial charge on any atom is 0.274 e. The number of hydrogen-bond acceptors (Lipinski definition) is 4. The van der Waals surface area contributed by atoms with Crippen LogP contribution in [-0.4, -0.2) is 33.0 Å². The van der Waals surface area contributed by atoms with Gasteiger partial charge in [-0.3, -0.25) is 14.6 Å². The van der Waals surface area contributed by atoms with Crippen LogP contribution >= 0.6 is 0 Å². The second kappa shape index (κ2) is 5.77. The molecule has 2 heterocycles. The smallest absolute Gasteiger partial charge is 0.274 e. The summed E-state index contributed by atoms with van der Waals surface area (Å²) in [5.74, 6) is -0.246. The van der Waals surface area contributed by atoms with Gasteiger partial charge >= 0.3 is 0 Å². The van der Waals surface area contributed by atoms with Crippen LogP contribution in [0.2, 0.25) is 0 Å². The third-order valence-electron chi connectivity index (χ3n) is 3.41. The zero-order chi connectivity index (χ0) is 15.5. The molecule has 0 fully saturated rings. The van der Waals surface area contributed by atoms with Crippen LogP contribution < -0.4 is 5.56 Å². The summed E-state index contributed by atoms with van der Waals surface area (Å²) in [6.45, 7) is 0.441. The molecular formula is C16H14N4O2. The number of H-pyrrole nitrogens is 1. The number of fused-ring (bicyclic) bond motifs is 1. The number of aromatic amines is 1. The molecular weight excluding hydrogens is 280 g/mol. The Morgan fingerprint density at radius 1 is 1.14 bits per heavy atom. The fourth-order valence-corrected chi connectivity index (χ4v) is 2.29. The Hall–Kier alpha value is -3.02. The largest absolute Gasteiger partial charge is 0.336 e. The van der Waals surface area contributed by atoms with E-state index in [4.69, 9.17) is 0 Å². The third kappa shape index (κ3) is 2.58. The summed E-state index contributed by atoms with van der Waals surface area (Å²) < 4.78 is 0. The maximum atomic E-state index is 12.6. The molecule has 6 heteroatoms. The molecule has 1 aromatic carbocycles. The lowest BCUT2D eigenvalue weighted by molar-refractivity contribution is 0.0780. The number of aromatic nitrogens is 3. The number of amides is 1. The Bertz CT molecular complexity index is 874. The summed E-state index contributed by atoms with van der Waals surface area (Å²) in [4.78, 5) is 29.9. The van der Waals surface area contributed by atoms with Gasteiger partial charge < -0.3 is 4.90 Å². The molecule has 2 aromatic heterocycles. The van der Waals surface area contributed by atoms with Crippen molar-refractivity contribution in [1.82, 2.24) is 20.1 Å². The fraction of sp³-hybridized carbons (Fsp3) is 0.125. The van der Waals surface area contributed by atoms with Crippen LogP contribution in [0.4, 0.5) is 0 Å². The molecule has 3 aromatic rings. The van der Waals surface area contributed by atoms with Gasteiger partial charge in [0.05, 0.1) is 5.39 Å². The molecule has 110 valence electrons. The van der Waals surface area contributed by atoms with Crippen LogP contribution in [0.3, 0.4) is 0 Å². The lowest BCUT2D eigenvalue weighted by Crippen LogP contribution is -2.28. The van der Waals surface area contributed by atoms with Crippen molar-refractivity contribution < 1.29 is 4.79 Å². The van der Waals surface area contributed by atoms with E-state index in [0.717, 1.165) is 5.56 Å². The minimum Gasteiger partial charge on any atom is -0.336 e. The summed E-state index contributed by atoms with van der Waals surface area (Å²) >= 11 is 0. The lowest BCUT2D eigenvalue weighted by Gasteiger charge is -2.17. The molecule has 0 aliphatic carbocycles. The van der Waals surface area contributed by atoms with Gasteiger partial charge in [-0.2, -0.15) is 5.10 Å². The van der Waals surface area contributed by atoms with Crippen molar-refractivity contribution in [3.05, 3.63) is 70.4 Å². The molecule has 1 N–H and O–H groups in total. The first-order chi connectivity index (χ1) is 10.7. The standard InChI is InChI=1S/C16H14N4O2/c1-20(10-11-6-8-17-9-7-11)16(22)14-12-4-2-3-5-13(12)15(21)19-18-14/h2-9H,10H2,1H3,(H,19,21). The fourth-order valence-electron chi connectivity index (χ4n) is 2.29. The Morgan fingerprint density at radius 3 is 2.55 bits per heavy atom. The average molecular weight is 294 g/mol. The van der Waals surface area contributed by atoms with E-state index < -0.39 is 0 Å². The van der Waals surface area contributed by atoms with Crippen molar-refractivity contribution in [2.24, 2.45) is 0 Å². The van der Waals surface area contributed by atoms with Crippen LogP contribution in [0.5, 0.6) is 0 Å². The van der Waals surface area contributed by atoms with E-state index in [1.54, 1.807) is 48.6 Å². The van der Waals surface area contributed by atoms with Crippen molar-refractivity contribution in [3.63, 3.8) is 0 Å². The van der Waals surface area contributed by atoms with Crippen LogP contribution in [0.15, 0.2) is 53.6 Å². The molecule has 0 radical (unpaired) electrons. The van der Waals surface area contributed by atoms with Crippen LogP contribution in [0.25, 0.3) is 10.8 Å². The molecule has 22 heavy (non-hydrogen) atoms. The highest BCUT2D eigenvalue weighted by atomic mass is 16.2. The molecule has 3 rings (SSSR count). The number of pyridine rings is 1. The second-order valence-electron chi connectivity index (χ2n) is 4.96. The van der Waals surface area contributed by atoms with Gasteiger partial charge in [-0.25, -0.2) is 5.10 Å². The molecule has 0 bridgehead atoms. The molecule has 1 amide bonds. The van der Waals surface area contributed by atoms with E-state index in [9.17, 15) is 9.59 Å². The predicted octanol–water partition coefficient (Wildman–Crippen LogP) is 1.59. The zero-order valence-electron chi connectivity index (χ0n) is 12.0. The van der Waals surface area contributed by atoms with E-state index in [0.29, 0.717) is 17.3 Å². The van der Waals surface area contributed by atoms with Gasteiger partial charge in [0.2, 0.25) is 0 Å². The van der Waals surface area contributed by atoms with Gasteiger partial charge in [-0.05, 0) is 23.8 Å². The molecule has 0 spiro atoms. The zero-order valence-corrected chi connectivity index (χ0v) is 12.0. The third-order valence-corrected chi connectivity index (χ3v) is 3.41. The highest BCUT2D eigenvalue weighted by Crippen LogP contribution is 2.15. The first-order valence-electron chi connectivity index (χ1n) is 6.78. The summed E-state index contributed by atoms with van der Waals surface area (Å²) in [6.07, 6.45) is 3.36. The van der Waals surface area contributed by atoms with Crippen LogP contribution in [-0.2, 0) is 6.54 Å². The van der Waals surface area contributed by atoms with Crippen molar-refractivity contribution >= 4 is 16.7 Å². The summed E-state index contributed by atoms with van der Waals surface area (Å²) in [6, 6.07) is 10.6. The number of hydrogen-bond donors (Lipinski definition) is 1. The second-order valence-corrected chi connectivity index (χ2v) is 4.96. The van der Waals surface area contributed by atoms with Gasteiger partial charge in [0, 0.05) is 31.4 Å². The number of carbonyl (C=O) groups excluding carboxylic acids is 1. The lowest BCUT2D eigenvalue weighted by atomic mass is 10.1. The molecule has 0 aliphatic rings. The average Bonchev–Trinajstić information content (AvgIpc) is 2.56. The SMILES string of the molecule is CN(Cc1ccncc1)C(=O)c1n[nH]c(=O)c2ccccc12. The van der Waals surface area contributed by atoms with E-state index in [-0.39, 0.29) is 17.2 Å². The van der Waals surface area contributed by atoms with Crippen molar-refractivity contribution in [1.29, 1.82) is 0 Å². The summed E-state index contributed by atoms with van der Waals surface area (Å²) in [5, 5.41) is 7.32. The van der Waals surface area contributed by atoms with Gasteiger partial charge in [0.25, 0.3) is 11.5 Å². The number of nitrogens with zero attached hydrogens (tertiary/aromatic N) is 3. The summed E-state index contributed by atoms with van der Waals surface area (Å²) in [7, 11) is 1.70. The number of nitrogens with one attached hydrogen (secondary N) is 1. The molecule has 0 aliphatic heterocycles. The highest BCUT2D eigenvalue weighted by Gasteiger charge is 2.18. The Morgan fingerprint density at radius 2 is 1.82 bits per heavy atom. The number of carbonyl (C=O) groups is 1. The predicted molar refractivity (Wildman–Crippen MR) is 82.4 cm³/mol. The monoisotopic (exact) mass is 294 g/mol. The van der Waals surface area contributed by atoms with Crippen LogP contribution in [0.1, 0.15) is 16.1 Å². The van der Waals surface area contributed by atoms with Crippen molar-refractivity contribution in [2.45, 2.75) is 6.54 Å². The molecule has 0 saturated heterocycles. The van der Waals surface area contributed by atoms with E-state index in [1.807, 2.05) is 12.1 Å². The molecule has 0 atom stereocenters. The van der Waals surface area contributed by atoms with E-state index >= 15 is 0 Å². The molecule has 6 nitrogen and oxygen atoms in total. The minimum absolute atomic E-state index is 0.242. The number of rotatable bonds is 3. The van der Waals surface area contributed by atoms with Crippen molar-refractivity contribution in [3.8, 4) is 0 Å². The Kier molecular flexibility index (Phi) is 3.65. The Labute approximate surface area is 126 Å². The normalized spacial score (nSPS) is 10.6. The quantitative estimate of drug-likeness (QED) is 0.795. The van der Waals surface area contributed by atoms with Gasteiger partial charge in [-0.15, -0.1) is 0 Å². The van der Waals surface area contributed by atoms with Gasteiger partial charge in [-0.1, -0.05) is 18.2 Å². The van der Waals surface area contributed by atoms with Gasteiger partial charge in [0.15, 0.2) is 5.69 Å². The van der Waals surface area contributed by atoms with Gasteiger partial charge in [0.1, 0.15) is 0 Å². The highest BCUT2D eigenvalue weighted by molar-refractivity contribution is 6.04. The maximum absolute atomic E-state index is 12.6. The molecule has 0 unspecified atom stereocenters. The van der Waals surface area contributed by atoms with E-state index in [1.165, 1.54) is 0 Å². The first-order valence-corrected chi connectivity index (χ1v) is 6.78. The topological polar surface area (TPSA) is 79.0 Å². The van der Waals surface area contributed by atoms with E-state index in [2.05, 4.69) is 15.2 Å². The number of benzene rings is 1. The van der Waals surface area contributed by atoms with Crippen LogP contribution in [0, 0.1) is 0 Å².